The molecular weight excluding hydrogens is 214 g/mol. The molecule has 1 amide bonds. The molecule has 1 heterocycles. The summed E-state index contributed by atoms with van der Waals surface area (Å²) in [6, 6.07) is 5.75. The van der Waals surface area contributed by atoms with Crippen LogP contribution in [-0.2, 0) is 11.2 Å². The first kappa shape index (κ1) is 10.3. The molecule has 0 aliphatic carbocycles. The molecule has 0 atom stereocenters. The predicted octanol–water partition coefficient (Wildman–Crippen LogP) is 1.82. The van der Waals surface area contributed by atoms with Gasteiger partial charge < -0.3 is 9.64 Å². The number of alkyl halides is 1. The molecule has 3 nitrogen and oxygen atoms in total. The Morgan fingerprint density at radius 2 is 2.40 bits per heavy atom. The normalized spacial score (nSPS) is 13.2. The molecule has 0 fully saturated rings. The van der Waals surface area contributed by atoms with Gasteiger partial charge in [-0.3, -0.25) is 4.79 Å². The van der Waals surface area contributed by atoms with Crippen LogP contribution in [0.15, 0.2) is 18.2 Å². The van der Waals surface area contributed by atoms with Crippen LogP contribution < -0.4 is 9.64 Å². The second-order valence-electron chi connectivity index (χ2n) is 3.48. The molecule has 1 aliphatic rings. The summed E-state index contributed by atoms with van der Waals surface area (Å²) in [5.74, 6) is 0.824. The number of amides is 1. The number of carbonyl (C=O) groups excluding carboxylic acids is 1. The van der Waals surface area contributed by atoms with Crippen molar-refractivity contribution in [3.05, 3.63) is 23.8 Å². The van der Waals surface area contributed by atoms with E-state index in [9.17, 15) is 4.79 Å². The van der Waals surface area contributed by atoms with Crippen molar-refractivity contribution < 1.29 is 9.53 Å². The number of hydrogen-bond acceptors (Lipinski definition) is 2. The lowest BCUT2D eigenvalue weighted by Crippen LogP contribution is -2.27. The highest BCUT2D eigenvalue weighted by molar-refractivity contribution is 6.29. The Balaban J connectivity index is 2.26. The van der Waals surface area contributed by atoms with Crippen molar-refractivity contribution in [1.29, 1.82) is 0 Å². The number of ether oxygens (including phenoxy) is 1. The lowest BCUT2D eigenvalue weighted by atomic mass is 10.1. The summed E-state index contributed by atoms with van der Waals surface area (Å²) in [6.07, 6.45) is 0.909. The van der Waals surface area contributed by atoms with Crippen molar-refractivity contribution in [3.63, 3.8) is 0 Å². The van der Waals surface area contributed by atoms with Crippen LogP contribution in [0.4, 0.5) is 5.69 Å². The van der Waals surface area contributed by atoms with E-state index in [4.69, 9.17) is 16.3 Å². The second-order valence-corrected chi connectivity index (χ2v) is 3.74. The van der Waals surface area contributed by atoms with Crippen molar-refractivity contribution in [2.45, 2.75) is 6.42 Å². The first-order valence-corrected chi connectivity index (χ1v) is 5.34. The van der Waals surface area contributed by atoms with Crippen molar-refractivity contribution in [2.24, 2.45) is 0 Å². The fraction of sp³-hybridized carbons (Fsp3) is 0.364. The van der Waals surface area contributed by atoms with E-state index in [1.807, 2.05) is 18.2 Å². The van der Waals surface area contributed by atoms with Crippen molar-refractivity contribution in [3.8, 4) is 5.75 Å². The molecule has 0 radical (unpaired) electrons. The van der Waals surface area contributed by atoms with Crippen LogP contribution in [0.5, 0.6) is 5.75 Å². The second kappa shape index (κ2) is 4.11. The minimum atomic E-state index is -0.101. The van der Waals surface area contributed by atoms with E-state index in [-0.39, 0.29) is 11.8 Å². The van der Waals surface area contributed by atoms with E-state index in [2.05, 4.69) is 0 Å². The number of hydrogen-bond donors (Lipinski definition) is 0. The molecule has 0 saturated carbocycles. The Morgan fingerprint density at radius 3 is 3.13 bits per heavy atom. The average Bonchev–Trinajstić information content (AvgIpc) is 2.73. The third kappa shape index (κ3) is 1.92. The Kier molecular flexibility index (Phi) is 2.82. The largest absolute Gasteiger partial charge is 0.493 e. The Morgan fingerprint density at radius 1 is 1.60 bits per heavy atom. The van der Waals surface area contributed by atoms with Gasteiger partial charge in [-0.05, 0) is 23.8 Å². The van der Waals surface area contributed by atoms with E-state index in [0.717, 1.165) is 30.0 Å². The van der Waals surface area contributed by atoms with Gasteiger partial charge in [0.15, 0.2) is 0 Å². The molecule has 0 spiro atoms. The zero-order chi connectivity index (χ0) is 10.8. The van der Waals surface area contributed by atoms with Crippen molar-refractivity contribution in [2.75, 3.05) is 24.4 Å². The lowest BCUT2D eigenvalue weighted by Gasteiger charge is -2.16. The van der Waals surface area contributed by atoms with Gasteiger partial charge in [0, 0.05) is 19.2 Å². The summed E-state index contributed by atoms with van der Waals surface area (Å²) in [4.78, 5) is 12.9. The van der Waals surface area contributed by atoms with Crippen LogP contribution in [0, 0.1) is 0 Å². The van der Waals surface area contributed by atoms with E-state index in [0.29, 0.717) is 0 Å². The first-order valence-electron chi connectivity index (χ1n) is 4.80. The average molecular weight is 226 g/mol. The predicted molar refractivity (Wildman–Crippen MR) is 59.8 cm³/mol. The fourth-order valence-electron chi connectivity index (χ4n) is 1.62. The molecule has 80 valence electrons. The molecule has 15 heavy (non-hydrogen) atoms. The van der Waals surface area contributed by atoms with Crippen molar-refractivity contribution >= 4 is 23.2 Å². The number of fused-ring (bicyclic) bond motifs is 1. The van der Waals surface area contributed by atoms with Crippen LogP contribution >= 0.6 is 11.6 Å². The summed E-state index contributed by atoms with van der Waals surface area (Å²) in [5, 5.41) is 0. The molecular formula is C11H12ClNO2. The third-order valence-electron chi connectivity index (χ3n) is 2.55. The molecule has 0 N–H and O–H groups in total. The molecule has 4 heteroatoms. The van der Waals surface area contributed by atoms with Crippen LogP contribution in [0.25, 0.3) is 0 Å². The SMILES string of the molecule is CN(C(=O)CCl)c1ccc2c(c1)CCO2. The quantitative estimate of drug-likeness (QED) is 0.719. The number of halogens is 1. The topological polar surface area (TPSA) is 29.5 Å². The molecule has 1 aliphatic heterocycles. The zero-order valence-electron chi connectivity index (χ0n) is 8.50. The molecule has 1 aromatic carbocycles. The van der Waals surface area contributed by atoms with Crippen LogP contribution in [-0.4, -0.2) is 25.4 Å². The van der Waals surface area contributed by atoms with Gasteiger partial charge in [-0.25, -0.2) is 0 Å². The van der Waals surface area contributed by atoms with Gasteiger partial charge >= 0.3 is 0 Å². The number of nitrogens with zero attached hydrogens (tertiary/aromatic N) is 1. The number of rotatable bonds is 2. The Hall–Kier alpha value is -1.22. The monoisotopic (exact) mass is 225 g/mol. The summed E-state index contributed by atoms with van der Waals surface area (Å²) >= 11 is 5.50. The lowest BCUT2D eigenvalue weighted by molar-refractivity contribution is -0.116. The fourth-order valence-corrected chi connectivity index (χ4v) is 1.79. The summed E-state index contributed by atoms with van der Waals surface area (Å²) < 4.78 is 5.39. The van der Waals surface area contributed by atoms with Crippen LogP contribution in [0.1, 0.15) is 5.56 Å². The van der Waals surface area contributed by atoms with E-state index >= 15 is 0 Å². The third-order valence-corrected chi connectivity index (χ3v) is 2.78. The Bertz CT molecular complexity index is 392. The van der Waals surface area contributed by atoms with Gasteiger partial charge in [-0.15, -0.1) is 11.6 Å². The highest BCUT2D eigenvalue weighted by Gasteiger charge is 2.15. The van der Waals surface area contributed by atoms with E-state index in [1.54, 1.807) is 11.9 Å². The summed E-state index contributed by atoms with van der Waals surface area (Å²) in [6.45, 7) is 0.728. The molecule has 2 rings (SSSR count). The highest BCUT2D eigenvalue weighted by atomic mass is 35.5. The number of anilines is 1. The first-order chi connectivity index (χ1) is 7.22. The van der Waals surface area contributed by atoms with Crippen LogP contribution in [0.2, 0.25) is 0 Å². The maximum Gasteiger partial charge on any atom is 0.241 e. The highest BCUT2D eigenvalue weighted by Crippen LogP contribution is 2.29. The molecule has 1 aromatic rings. The molecule has 0 aromatic heterocycles. The van der Waals surface area contributed by atoms with Crippen LogP contribution in [0.3, 0.4) is 0 Å². The van der Waals surface area contributed by atoms with E-state index < -0.39 is 0 Å². The van der Waals surface area contributed by atoms with Gasteiger partial charge in [-0.1, -0.05) is 0 Å². The molecule has 0 saturated heterocycles. The van der Waals surface area contributed by atoms with Gasteiger partial charge in [0.1, 0.15) is 11.6 Å². The zero-order valence-corrected chi connectivity index (χ0v) is 9.25. The number of benzene rings is 1. The maximum absolute atomic E-state index is 11.4. The summed E-state index contributed by atoms with van der Waals surface area (Å²) in [7, 11) is 1.72. The smallest absolute Gasteiger partial charge is 0.241 e. The Labute approximate surface area is 93.6 Å². The van der Waals surface area contributed by atoms with Crippen molar-refractivity contribution in [1.82, 2.24) is 0 Å². The maximum atomic E-state index is 11.4. The summed E-state index contributed by atoms with van der Waals surface area (Å²) in [5.41, 5.74) is 2.02. The van der Waals surface area contributed by atoms with Gasteiger partial charge in [0.2, 0.25) is 5.91 Å². The van der Waals surface area contributed by atoms with E-state index in [1.165, 1.54) is 0 Å². The van der Waals surface area contributed by atoms with Gasteiger partial charge in [0.05, 0.1) is 6.61 Å². The van der Waals surface area contributed by atoms with Gasteiger partial charge in [0.25, 0.3) is 0 Å². The minimum absolute atomic E-state index is 0.00405. The number of carbonyl (C=O) groups is 1. The molecule has 0 unspecified atom stereocenters. The standard InChI is InChI=1S/C11H12ClNO2/c1-13(11(14)7-12)9-2-3-10-8(6-9)4-5-15-10/h2-3,6H,4-5,7H2,1H3. The minimum Gasteiger partial charge on any atom is -0.493 e. The molecule has 0 bridgehead atoms. The van der Waals surface area contributed by atoms with Gasteiger partial charge in [-0.2, -0.15) is 0 Å².